The number of benzene rings is 2. The topological polar surface area (TPSA) is 0 Å². The van der Waals surface area contributed by atoms with Gasteiger partial charge >= 0.3 is 0 Å². The zero-order chi connectivity index (χ0) is 11.5. The van der Waals surface area contributed by atoms with Crippen molar-refractivity contribution in [1.82, 2.24) is 0 Å². The van der Waals surface area contributed by atoms with E-state index in [1.807, 2.05) is 0 Å². The third-order valence-electron chi connectivity index (χ3n) is 1.94. The molecule has 0 fully saturated rings. The zero-order valence-corrected chi connectivity index (χ0v) is 14.2. The van der Waals surface area contributed by atoms with Gasteiger partial charge in [-0.3, -0.25) is 0 Å². The number of rotatable bonds is 2. The molecule has 0 aliphatic heterocycles. The van der Waals surface area contributed by atoms with Crippen molar-refractivity contribution in [2.75, 3.05) is 0 Å². The fourth-order valence-electron chi connectivity index (χ4n) is 1.19. The fraction of sp³-hybridized carbons (Fsp3) is 0. The Kier molecular flexibility index (Phi) is 4.76. The van der Waals surface area contributed by atoms with E-state index in [9.17, 15) is 0 Å². The van der Waals surface area contributed by atoms with Gasteiger partial charge in [0.15, 0.2) is 0 Å². The van der Waals surface area contributed by atoms with Crippen LogP contribution in [-0.4, -0.2) is 0 Å². The number of hydrogen-bond acceptors (Lipinski definition) is 1. The van der Waals surface area contributed by atoms with E-state index in [2.05, 4.69) is 96.9 Å². The van der Waals surface area contributed by atoms with Crippen molar-refractivity contribution in [2.24, 2.45) is 0 Å². The first-order valence-corrected chi connectivity index (χ1v) is 8.02. The molecule has 0 aliphatic rings. The second kappa shape index (κ2) is 5.89. The summed E-state index contributed by atoms with van der Waals surface area (Å²) in [6.07, 6.45) is 0. The highest BCUT2D eigenvalue weighted by Gasteiger charge is 2.02. The van der Waals surface area contributed by atoms with Gasteiger partial charge in [0.05, 0.1) is 0 Å². The van der Waals surface area contributed by atoms with Gasteiger partial charge in [0.2, 0.25) is 0 Å². The van der Waals surface area contributed by atoms with E-state index in [1.54, 1.807) is 11.8 Å². The average Bonchev–Trinajstić information content (AvgIpc) is 2.25. The van der Waals surface area contributed by atoms with Crippen LogP contribution in [0.2, 0.25) is 0 Å². The maximum absolute atomic E-state index is 3.47. The first-order chi connectivity index (χ1) is 7.65. The zero-order valence-electron chi connectivity index (χ0n) is 8.08. The van der Waals surface area contributed by atoms with Crippen LogP contribution in [0.4, 0.5) is 0 Å². The normalized spacial score (nSPS) is 10.4. The molecule has 0 heterocycles. The molecule has 0 spiro atoms. The first-order valence-electron chi connectivity index (χ1n) is 4.53. The molecule has 0 amide bonds. The molecule has 0 aromatic heterocycles. The molecule has 0 unspecified atom stereocenters. The van der Waals surface area contributed by atoms with Crippen LogP contribution >= 0.6 is 66.2 Å². The lowest BCUT2D eigenvalue weighted by Crippen LogP contribution is -1.79. The Morgan fingerprint density at radius 1 is 0.875 bits per heavy atom. The van der Waals surface area contributed by atoms with Crippen molar-refractivity contribution in [2.45, 2.75) is 9.79 Å². The summed E-state index contributed by atoms with van der Waals surface area (Å²) in [4.78, 5) is 2.54. The predicted octanol–water partition coefficient (Wildman–Crippen LogP) is 5.97. The minimum Gasteiger partial charge on any atom is -0.0890 e. The highest BCUT2D eigenvalue weighted by Crippen LogP contribution is 2.33. The molecule has 0 radical (unpaired) electrons. The molecule has 2 aromatic carbocycles. The van der Waals surface area contributed by atoms with Crippen LogP contribution in [0.15, 0.2) is 61.2 Å². The molecule has 2 rings (SSSR count). The van der Waals surface area contributed by atoms with E-state index < -0.39 is 0 Å². The Bertz CT molecular complexity index is 497. The van der Waals surface area contributed by atoms with Gasteiger partial charge in [-0.1, -0.05) is 43.6 Å². The molecule has 0 atom stereocenters. The quantitative estimate of drug-likeness (QED) is 0.488. The Balaban J connectivity index is 2.23. The van der Waals surface area contributed by atoms with Crippen LogP contribution in [0.5, 0.6) is 0 Å². The van der Waals surface area contributed by atoms with Crippen molar-refractivity contribution >= 4 is 66.2 Å². The maximum atomic E-state index is 3.47. The van der Waals surface area contributed by atoms with E-state index >= 15 is 0 Å². The molecule has 82 valence electrons. The van der Waals surface area contributed by atoms with Gasteiger partial charge in [-0.15, -0.1) is 0 Å². The van der Waals surface area contributed by atoms with E-state index in [1.165, 1.54) is 13.4 Å². The molecule has 0 aliphatic carbocycles. The molecule has 0 saturated heterocycles. The predicted molar refractivity (Wildman–Crippen MR) is 85.1 cm³/mol. The summed E-state index contributed by atoms with van der Waals surface area (Å²) >= 11 is 11.1. The third kappa shape index (κ3) is 3.48. The Morgan fingerprint density at radius 2 is 1.50 bits per heavy atom. The van der Waals surface area contributed by atoms with Gasteiger partial charge in [-0.25, -0.2) is 0 Å². The van der Waals surface area contributed by atoms with Crippen molar-refractivity contribution < 1.29 is 0 Å². The summed E-state index contributed by atoms with van der Waals surface area (Å²) in [5.41, 5.74) is 0. The fourth-order valence-corrected chi connectivity index (χ4v) is 3.91. The second-order valence-electron chi connectivity index (χ2n) is 3.13. The summed E-state index contributed by atoms with van der Waals surface area (Å²) in [5, 5.41) is 0. The SMILES string of the molecule is Brc1ccc(Sc2ccc(Br)cc2I)cc1. The summed E-state index contributed by atoms with van der Waals surface area (Å²) in [6.45, 7) is 0. The van der Waals surface area contributed by atoms with E-state index in [0.717, 1.165) is 8.95 Å². The number of hydrogen-bond donors (Lipinski definition) is 0. The monoisotopic (exact) mass is 468 g/mol. The van der Waals surface area contributed by atoms with Crippen LogP contribution < -0.4 is 0 Å². The number of halogens is 3. The molecular weight excluding hydrogens is 463 g/mol. The van der Waals surface area contributed by atoms with Crippen LogP contribution in [0.3, 0.4) is 0 Å². The molecular formula is C12H7Br2IS. The summed E-state index contributed by atoms with van der Waals surface area (Å²) in [6, 6.07) is 14.7. The van der Waals surface area contributed by atoms with E-state index in [-0.39, 0.29) is 0 Å². The van der Waals surface area contributed by atoms with Crippen LogP contribution in [0.1, 0.15) is 0 Å². The van der Waals surface area contributed by atoms with Gasteiger partial charge in [0.1, 0.15) is 0 Å². The van der Waals surface area contributed by atoms with Crippen molar-refractivity contribution in [1.29, 1.82) is 0 Å². The van der Waals surface area contributed by atoms with Gasteiger partial charge in [-0.05, 0) is 65.1 Å². The maximum Gasteiger partial charge on any atom is 0.0281 e. The standard InChI is InChI=1S/C12H7Br2IS/c13-8-1-4-10(5-2-8)16-12-6-3-9(14)7-11(12)15/h1-7H. The Hall–Kier alpha value is 0.480. The summed E-state index contributed by atoms with van der Waals surface area (Å²) in [5.74, 6) is 0. The lowest BCUT2D eigenvalue weighted by molar-refractivity contribution is 1.35. The largest absolute Gasteiger partial charge is 0.0890 e. The second-order valence-corrected chi connectivity index (χ2v) is 7.24. The molecule has 2 aromatic rings. The van der Waals surface area contributed by atoms with Crippen molar-refractivity contribution in [3.05, 3.63) is 55.0 Å². The lowest BCUT2D eigenvalue weighted by Gasteiger charge is -2.04. The van der Waals surface area contributed by atoms with Gasteiger partial charge in [0, 0.05) is 22.3 Å². The minimum atomic E-state index is 1.11. The van der Waals surface area contributed by atoms with E-state index in [0.29, 0.717) is 0 Å². The van der Waals surface area contributed by atoms with Crippen molar-refractivity contribution in [3.63, 3.8) is 0 Å². The molecule has 0 N–H and O–H groups in total. The van der Waals surface area contributed by atoms with Gasteiger partial charge in [-0.2, -0.15) is 0 Å². The molecule has 0 nitrogen and oxygen atoms in total. The molecule has 4 heteroatoms. The van der Waals surface area contributed by atoms with Crippen LogP contribution in [0.25, 0.3) is 0 Å². The Morgan fingerprint density at radius 3 is 2.12 bits per heavy atom. The van der Waals surface area contributed by atoms with Crippen LogP contribution in [0, 0.1) is 3.57 Å². The van der Waals surface area contributed by atoms with Gasteiger partial charge < -0.3 is 0 Å². The summed E-state index contributed by atoms with van der Waals surface area (Å²) in [7, 11) is 0. The van der Waals surface area contributed by atoms with E-state index in [4.69, 9.17) is 0 Å². The molecule has 0 bridgehead atoms. The Labute approximate surface area is 130 Å². The minimum absolute atomic E-state index is 1.11. The van der Waals surface area contributed by atoms with Crippen molar-refractivity contribution in [3.8, 4) is 0 Å². The lowest BCUT2D eigenvalue weighted by atomic mass is 10.4. The smallest absolute Gasteiger partial charge is 0.0281 e. The average molecular weight is 470 g/mol. The molecule has 16 heavy (non-hydrogen) atoms. The first kappa shape index (κ1) is 12.9. The molecule has 0 saturated carbocycles. The highest BCUT2D eigenvalue weighted by molar-refractivity contribution is 14.1. The van der Waals surface area contributed by atoms with Crippen LogP contribution in [-0.2, 0) is 0 Å². The third-order valence-corrected chi connectivity index (χ3v) is 5.30. The highest BCUT2D eigenvalue weighted by atomic mass is 127. The van der Waals surface area contributed by atoms with Gasteiger partial charge in [0.25, 0.3) is 0 Å². The summed E-state index contributed by atoms with van der Waals surface area (Å²) < 4.78 is 3.50.